The van der Waals surface area contributed by atoms with Crippen molar-refractivity contribution in [3.8, 4) is 22.6 Å². The minimum absolute atomic E-state index is 0.0260. The topological polar surface area (TPSA) is 124 Å². The minimum atomic E-state index is -1.13. The van der Waals surface area contributed by atoms with E-state index in [1.165, 1.54) is 18.3 Å². The molecule has 1 aliphatic rings. The van der Waals surface area contributed by atoms with Crippen molar-refractivity contribution >= 4 is 62.6 Å². The van der Waals surface area contributed by atoms with Crippen LogP contribution < -0.4 is 9.64 Å². The number of phenolic OH excluding ortho intramolecular Hbond substituents is 1. The molecule has 1 unspecified atom stereocenters. The molecule has 13 heteroatoms. The van der Waals surface area contributed by atoms with Crippen LogP contribution in [0.15, 0.2) is 42.6 Å². The highest BCUT2D eigenvalue weighted by Gasteiger charge is 2.38. The SMILES string of the molecule is COCCn1cc(C(=O)O)c2cc(O)cc(N3CC(C)n4c(c(CCCOc5cc(C)c(Cl)c(C)c5)c5ccc(Cl)c(-c6c(C)nn(C)c6C)c54)C3=O)c21. The van der Waals surface area contributed by atoms with E-state index in [1.807, 2.05) is 63.7 Å². The highest BCUT2D eigenvalue weighted by Crippen LogP contribution is 2.46. The number of fused-ring (bicyclic) bond motifs is 4. The number of benzene rings is 3. The fourth-order valence-electron chi connectivity index (χ4n) is 8.08. The quantitative estimate of drug-likeness (QED) is 0.126. The van der Waals surface area contributed by atoms with Gasteiger partial charge in [0.15, 0.2) is 0 Å². The van der Waals surface area contributed by atoms with Crippen LogP contribution in [0, 0.1) is 27.7 Å². The molecule has 6 aromatic rings. The van der Waals surface area contributed by atoms with Gasteiger partial charge in [-0.15, -0.1) is 0 Å². The van der Waals surface area contributed by atoms with Gasteiger partial charge < -0.3 is 33.7 Å². The molecular weight excluding hydrogens is 729 g/mol. The van der Waals surface area contributed by atoms with Crippen LogP contribution in [0.1, 0.15) is 68.3 Å². The van der Waals surface area contributed by atoms with Gasteiger partial charge in [0.1, 0.15) is 17.2 Å². The molecule has 0 radical (unpaired) electrons. The third-order valence-electron chi connectivity index (χ3n) is 10.6. The minimum Gasteiger partial charge on any atom is -0.508 e. The molecular formula is C41H43Cl2N5O6. The lowest BCUT2D eigenvalue weighted by Crippen LogP contribution is -2.43. The van der Waals surface area contributed by atoms with Gasteiger partial charge in [0.05, 0.1) is 46.2 Å². The fraction of sp³-hybridized carbons (Fsp3) is 0.341. The standard InChI is InChI=1S/C41H43Cl2N5O6/c1-21-15-27(16-22(2)36(21)43)54-13-8-9-28-29-10-11-32(42)35(34-24(4)44-45(6)25(34)5)38(29)48-23(3)19-47(40(50)39(28)48)33-18-26(49)17-30-31(41(51)52)20-46(37(30)33)12-14-53-7/h10-11,15-18,20,23,49H,8-9,12-14,19H2,1-7H3,(H,51,52). The number of amides is 1. The predicted molar refractivity (Wildman–Crippen MR) is 212 cm³/mol. The number of nitrogens with zero attached hydrogens (tertiary/aromatic N) is 5. The van der Waals surface area contributed by atoms with Gasteiger partial charge >= 0.3 is 5.97 Å². The number of hydrogen-bond donors (Lipinski definition) is 2. The number of anilines is 1. The average Bonchev–Trinajstić information content (AvgIpc) is 3.74. The zero-order valence-electron chi connectivity index (χ0n) is 31.4. The summed E-state index contributed by atoms with van der Waals surface area (Å²) in [4.78, 5) is 29.2. The summed E-state index contributed by atoms with van der Waals surface area (Å²) in [5.74, 6) is -0.812. The van der Waals surface area contributed by atoms with Gasteiger partial charge in [0, 0.05) is 78.2 Å². The first-order valence-corrected chi connectivity index (χ1v) is 18.6. The molecule has 11 nitrogen and oxygen atoms in total. The molecule has 0 aliphatic carbocycles. The van der Waals surface area contributed by atoms with Crippen molar-refractivity contribution < 1.29 is 29.3 Å². The third-order valence-corrected chi connectivity index (χ3v) is 11.5. The number of aromatic nitrogens is 4. The van der Waals surface area contributed by atoms with Crippen molar-refractivity contribution in [3.63, 3.8) is 0 Å². The van der Waals surface area contributed by atoms with Crippen LogP contribution in [-0.4, -0.2) is 67.9 Å². The molecule has 1 atom stereocenters. The number of ether oxygens (including phenoxy) is 2. The Balaban J connectivity index is 1.40. The lowest BCUT2D eigenvalue weighted by atomic mass is 9.98. The highest BCUT2D eigenvalue weighted by molar-refractivity contribution is 6.35. The van der Waals surface area contributed by atoms with Crippen molar-refractivity contribution in [1.29, 1.82) is 0 Å². The van der Waals surface area contributed by atoms with E-state index in [0.29, 0.717) is 64.9 Å². The number of aromatic hydroxyl groups is 1. The monoisotopic (exact) mass is 771 g/mol. The Morgan fingerprint density at radius 3 is 2.37 bits per heavy atom. The van der Waals surface area contributed by atoms with E-state index in [1.54, 1.807) is 16.6 Å². The lowest BCUT2D eigenvalue weighted by Gasteiger charge is -2.35. The number of aryl methyl sites for hydroxylation is 5. The summed E-state index contributed by atoms with van der Waals surface area (Å²) in [6.07, 6.45) is 2.66. The Hall–Kier alpha value is -4.97. The van der Waals surface area contributed by atoms with Crippen molar-refractivity contribution in [1.82, 2.24) is 18.9 Å². The van der Waals surface area contributed by atoms with Crippen molar-refractivity contribution in [2.24, 2.45) is 7.05 Å². The smallest absolute Gasteiger partial charge is 0.337 e. The summed E-state index contributed by atoms with van der Waals surface area (Å²) in [7, 11) is 3.48. The Kier molecular flexibility index (Phi) is 9.93. The molecule has 4 heterocycles. The first-order chi connectivity index (χ1) is 25.7. The Morgan fingerprint density at radius 1 is 1.00 bits per heavy atom. The lowest BCUT2D eigenvalue weighted by molar-refractivity contribution is 0.0698. The van der Waals surface area contributed by atoms with Gasteiger partial charge in [-0.1, -0.05) is 29.3 Å². The van der Waals surface area contributed by atoms with Gasteiger partial charge in [-0.25, -0.2) is 4.79 Å². The molecule has 54 heavy (non-hydrogen) atoms. The number of hydrogen-bond acceptors (Lipinski definition) is 6. The second-order valence-electron chi connectivity index (χ2n) is 14.2. The number of carbonyl (C=O) groups excluding carboxylic acids is 1. The third kappa shape index (κ3) is 6.18. The van der Waals surface area contributed by atoms with Crippen LogP contribution in [0.2, 0.25) is 10.0 Å². The number of rotatable bonds is 11. The Bertz CT molecular complexity index is 2470. The van der Waals surface area contributed by atoms with Crippen molar-refractivity contribution in [2.45, 2.75) is 60.0 Å². The van der Waals surface area contributed by atoms with Crippen LogP contribution >= 0.6 is 23.2 Å². The van der Waals surface area contributed by atoms with Crippen LogP contribution in [-0.2, 0) is 24.8 Å². The van der Waals surface area contributed by atoms with Gasteiger partial charge in [-0.05, 0) is 88.4 Å². The maximum absolute atomic E-state index is 15.2. The van der Waals surface area contributed by atoms with Crippen LogP contribution in [0.3, 0.4) is 0 Å². The second-order valence-corrected chi connectivity index (χ2v) is 15.0. The largest absolute Gasteiger partial charge is 0.508 e. The summed E-state index contributed by atoms with van der Waals surface area (Å²) in [5, 5.41) is 28.3. The Labute approximate surface area is 323 Å². The number of aromatic carboxylic acids is 1. The van der Waals surface area contributed by atoms with Crippen LogP contribution in [0.25, 0.3) is 32.9 Å². The first kappa shape index (κ1) is 37.3. The first-order valence-electron chi connectivity index (χ1n) is 17.9. The average molecular weight is 773 g/mol. The summed E-state index contributed by atoms with van der Waals surface area (Å²) in [6.45, 7) is 11.2. The number of methoxy groups -OCH3 is 1. The summed E-state index contributed by atoms with van der Waals surface area (Å²) in [6, 6.07) is 10.4. The van der Waals surface area contributed by atoms with Crippen molar-refractivity contribution in [3.05, 3.63) is 92.0 Å². The maximum Gasteiger partial charge on any atom is 0.337 e. The molecule has 1 amide bonds. The number of halogens is 2. The van der Waals surface area contributed by atoms with E-state index < -0.39 is 5.97 Å². The molecule has 1 aliphatic heterocycles. The zero-order valence-corrected chi connectivity index (χ0v) is 32.9. The highest BCUT2D eigenvalue weighted by atomic mass is 35.5. The van der Waals surface area contributed by atoms with E-state index >= 15 is 4.79 Å². The molecule has 7 rings (SSSR count). The maximum atomic E-state index is 15.2. The summed E-state index contributed by atoms with van der Waals surface area (Å²) in [5.41, 5.74) is 8.59. The molecule has 2 N–H and O–H groups in total. The van der Waals surface area contributed by atoms with Crippen LogP contribution in [0.4, 0.5) is 5.69 Å². The van der Waals surface area contributed by atoms with Gasteiger partial charge in [0.2, 0.25) is 0 Å². The molecule has 0 spiro atoms. The number of phenols is 1. The van der Waals surface area contributed by atoms with E-state index in [-0.39, 0.29) is 29.8 Å². The molecule has 3 aromatic carbocycles. The van der Waals surface area contributed by atoms with Crippen molar-refractivity contribution in [2.75, 3.05) is 31.8 Å². The van der Waals surface area contributed by atoms with Gasteiger partial charge in [-0.3, -0.25) is 9.48 Å². The van der Waals surface area contributed by atoms with Gasteiger partial charge in [-0.2, -0.15) is 5.10 Å². The molecule has 282 valence electrons. The number of carboxylic acids is 1. The number of carboxylic acid groups (broad SMARTS) is 1. The predicted octanol–water partition coefficient (Wildman–Crippen LogP) is 8.82. The Morgan fingerprint density at radius 2 is 1.72 bits per heavy atom. The fourth-order valence-corrected chi connectivity index (χ4v) is 8.44. The van der Waals surface area contributed by atoms with Gasteiger partial charge in [0.25, 0.3) is 5.91 Å². The van der Waals surface area contributed by atoms with E-state index in [0.717, 1.165) is 55.9 Å². The van der Waals surface area contributed by atoms with E-state index in [2.05, 4.69) is 11.5 Å². The molecule has 0 saturated heterocycles. The summed E-state index contributed by atoms with van der Waals surface area (Å²) >= 11 is 13.5. The van der Waals surface area contributed by atoms with E-state index in [4.69, 9.17) is 37.8 Å². The van der Waals surface area contributed by atoms with E-state index in [9.17, 15) is 15.0 Å². The normalized spacial score (nSPS) is 14.4. The molecule has 0 saturated carbocycles. The molecule has 0 fully saturated rings. The molecule has 0 bridgehead atoms. The summed E-state index contributed by atoms with van der Waals surface area (Å²) < 4.78 is 17.3. The molecule has 3 aromatic heterocycles. The second kappa shape index (κ2) is 14.4. The van der Waals surface area contributed by atoms with Crippen LogP contribution in [0.5, 0.6) is 11.5 Å². The number of carbonyl (C=O) groups is 2. The zero-order chi connectivity index (χ0) is 38.7.